The Balaban J connectivity index is 2.53. The van der Waals surface area contributed by atoms with E-state index in [1.807, 2.05) is 0 Å². The number of halogens is 2. The van der Waals surface area contributed by atoms with Gasteiger partial charge in [0.05, 0.1) is 25.5 Å². The smallest absolute Gasteiger partial charge is 0.199 e. The van der Waals surface area contributed by atoms with Crippen LogP contribution >= 0.6 is 0 Å². The molecule has 0 aromatic heterocycles. The van der Waals surface area contributed by atoms with Gasteiger partial charge in [-0.2, -0.15) is 0 Å². The average molecular weight is 293 g/mol. The number of anilines is 1. The molecule has 2 rings (SSSR count). The summed E-state index contributed by atoms with van der Waals surface area (Å²) >= 11 is 0. The molecule has 2 N–H and O–H groups in total. The average Bonchev–Trinajstić information content (AvgIpc) is 2.50. The SMILES string of the molecule is COc1ccc(C(=O)c2c(F)ccc(N)c2F)cc1OC. The molecular weight excluding hydrogens is 280 g/mol. The van der Waals surface area contributed by atoms with E-state index < -0.39 is 23.0 Å². The maximum Gasteiger partial charge on any atom is 0.199 e. The topological polar surface area (TPSA) is 61.5 Å². The Morgan fingerprint density at radius 2 is 1.71 bits per heavy atom. The number of nitrogens with two attached hydrogens (primary N) is 1. The van der Waals surface area contributed by atoms with Crippen molar-refractivity contribution in [2.24, 2.45) is 0 Å². The van der Waals surface area contributed by atoms with E-state index in [9.17, 15) is 13.6 Å². The minimum Gasteiger partial charge on any atom is -0.493 e. The van der Waals surface area contributed by atoms with E-state index in [1.54, 1.807) is 0 Å². The van der Waals surface area contributed by atoms with Crippen LogP contribution in [-0.4, -0.2) is 20.0 Å². The first-order valence-electron chi connectivity index (χ1n) is 5.99. The molecule has 0 spiro atoms. The van der Waals surface area contributed by atoms with Crippen LogP contribution < -0.4 is 15.2 Å². The van der Waals surface area contributed by atoms with E-state index in [1.165, 1.54) is 32.4 Å². The zero-order valence-corrected chi connectivity index (χ0v) is 11.4. The van der Waals surface area contributed by atoms with Crippen LogP contribution in [0.15, 0.2) is 30.3 Å². The van der Waals surface area contributed by atoms with Crippen molar-refractivity contribution in [3.8, 4) is 11.5 Å². The molecule has 110 valence electrons. The van der Waals surface area contributed by atoms with Crippen LogP contribution in [-0.2, 0) is 0 Å². The van der Waals surface area contributed by atoms with Gasteiger partial charge in [0.15, 0.2) is 23.1 Å². The van der Waals surface area contributed by atoms with Gasteiger partial charge in [-0.1, -0.05) is 0 Å². The van der Waals surface area contributed by atoms with Crippen LogP contribution in [0.3, 0.4) is 0 Å². The standard InChI is InChI=1S/C15H13F2NO3/c1-20-11-6-3-8(7-12(11)21-2)15(19)13-9(16)4-5-10(18)14(13)17/h3-7H,18H2,1-2H3. The first kappa shape index (κ1) is 14.8. The number of ether oxygens (including phenoxy) is 2. The minimum atomic E-state index is -1.07. The van der Waals surface area contributed by atoms with Crippen molar-refractivity contribution in [2.75, 3.05) is 20.0 Å². The van der Waals surface area contributed by atoms with Crippen LogP contribution in [0.2, 0.25) is 0 Å². The van der Waals surface area contributed by atoms with Crippen molar-refractivity contribution in [2.45, 2.75) is 0 Å². The molecule has 0 fully saturated rings. The Hall–Kier alpha value is -2.63. The molecule has 0 bridgehead atoms. The van der Waals surface area contributed by atoms with E-state index in [0.717, 1.165) is 12.1 Å². The molecule has 0 aliphatic rings. The lowest BCUT2D eigenvalue weighted by Crippen LogP contribution is -2.10. The number of hydrogen-bond donors (Lipinski definition) is 1. The second-order valence-electron chi connectivity index (χ2n) is 4.22. The molecule has 0 heterocycles. The first-order valence-corrected chi connectivity index (χ1v) is 5.99. The number of methoxy groups -OCH3 is 2. The summed E-state index contributed by atoms with van der Waals surface area (Å²) in [5.41, 5.74) is 4.45. The van der Waals surface area contributed by atoms with Gasteiger partial charge in [0.1, 0.15) is 5.82 Å². The molecule has 0 amide bonds. The highest BCUT2D eigenvalue weighted by atomic mass is 19.1. The molecule has 0 aliphatic heterocycles. The number of carbonyl (C=O) groups is 1. The third-order valence-electron chi connectivity index (χ3n) is 2.99. The molecule has 4 nitrogen and oxygen atoms in total. The van der Waals surface area contributed by atoms with Gasteiger partial charge in [-0.25, -0.2) is 8.78 Å². The molecule has 0 aliphatic carbocycles. The Bertz CT molecular complexity index is 702. The fourth-order valence-corrected chi connectivity index (χ4v) is 1.90. The van der Waals surface area contributed by atoms with Gasteiger partial charge in [-0.3, -0.25) is 4.79 Å². The van der Waals surface area contributed by atoms with Crippen molar-refractivity contribution in [1.29, 1.82) is 0 Å². The lowest BCUT2D eigenvalue weighted by molar-refractivity contribution is 0.103. The summed E-state index contributed by atoms with van der Waals surface area (Å²) in [6.07, 6.45) is 0. The monoisotopic (exact) mass is 293 g/mol. The van der Waals surface area contributed by atoms with Gasteiger partial charge < -0.3 is 15.2 Å². The van der Waals surface area contributed by atoms with Crippen LogP contribution in [0.1, 0.15) is 15.9 Å². The molecule has 21 heavy (non-hydrogen) atoms. The second-order valence-corrected chi connectivity index (χ2v) is 4.22. The molecule has 0 atom stereocenters. The number of nitrogen functional groups attached to an aromatic ring is 1. The van der Waals surface area contributed by atoms with Crippen LogP contribution in [0, 0.1) is 11.6 Å². The third kappa shape index (κ3) is 2.65. The van der Waals surface area contributed by atoms with E-state index in [-0.39, 0.29) is 17.0 Å². The highest BCUT2D eigenvalue weighted by Gasteiger charge is 2.22. The number of ketones is 1. The van der Waals surface area contributed by atoms with Crippen molar-refractivity contribution < 1.29 is 23.0 Å². The van der Waals surface area contributed by atoms with Gasteiger partial charge in [-0.05, 0) is 30.3 Å². The summed E-state index contributed by atoms with van der Waals surface area (Å²) in [5, 5.41) is 0. The largest absolute Gasteiger partial charge is 0.493 e. The Morgan fingerprint density at radius 1 is 1.05 bits per heavy atom. The maximum absolute atomic E-state index is 13.9. The molecule has 2 aromatic carbocycles. The quantitative estimate of drug-likeness (QED) is 0.695. The summed E-state index contributed by atoms with van der Waals surface area (Å²) < 4.78 is 37.7. The molecule has 0 saturated carbocycles. The van der Waals surface area contributed by atoms with Crippen LogP contribution in [0.25, 0.3) is 0 Å². The highest BCUT2D eigenvalue weighted by molar-refractivity contribution is 6.10. The number of hydrogen-bond acceptors (Lipinski definition) is 4. The van der Waals surface area contributed by atoms with Crippen LogP contribution in [0.5, 0.6) is 11.5 Å². The van der Waals surface area contributed by atoms with Crippen molar-refractivity contribution in [3.63, 3.8) is 0 Å². The number of benzene rings is 2. The number of rotatable bonds is 4. The summed E-state index contributed by atoms with van der Waals surface area (Å²) in [5.74, 6) is -2.18. The fourth-order valence-electron chi connectivity index (χ4n) is 1.90. The van der Waals surface area contributed by atoms with E-state index in [4.69, 9.17) is 15.2 Å². The Labute approximate surface area is 120 Å². The highest BCUT2D eigenvalue weighted by Crippen LogP contribution is 2.29. The van der Waals surface area contributed by atoms with E-state index >= 15 is 0 Å². The lowest BCUT2D eigenvalue weighted by atomic mass is 10.0. The Kier molecular flexibility index (Phi) is 4.07. The number of carbonyl (C=O) groups excluding carboxylic acids is 1. The lowest BCUT2D eigenvalue weighted by Gasteiger charge is -2.10. The van der Waals surface area contributed by atoms with Gasteiger partial charge >= 0.3 is 0 Å². The zero-order valence-electron chi connectivity index (χ0n) is 11.4. The van der Waals surface area contributed by atoms with E-state index in [2.05, 4.69) is 0 Å². The molecule has 2 aromatic rings. The Morgan fingerprint density at radius 3 is 2.33 bits per heavy atom. The van der Waals surface area contributed by atoms with Crippen molar-refractivity contribution in [3.05, 3.63) is 53.1 Å². The predicted octanol–water partition coefficient (Wildman–Crippen LogP) is 2.80. The summed E-state index contributed by atoms with van der Waals surface area (Å²) in [6, 6.07) is 6.24. The van der Waals surface area contributed by atoms with Gasteiger partial charge in [0.25, 0.3) is 0 Å². The molecule has 0 saturated heterocycles. The van der Waals surface area contributed by atoms with Gasteiger partial charge in [-0.15, -0.1) is 0 Å². The van der Waals surface area contributed by atoms with Gasteiger partial charge in [0.2, 0.25) is 0 Å². The van der Waals surface area contributed by atoms with Crippen molar-refractivity contribution >= 4 is 11.5 Å². The first-order chi connectivity index (χ1) is 9.99. The third-order valence-corrected chi connectivity index (χ3v) is 2.99. The van der Waals surface area contributed by atoms with Crippen LogP contribution in [0.4, 0.5) is 14.5 Å². The maximum atomic E-state index is 13.9. The summed E-state index contributed by atoms with van der Waals surface area (Å²) in [6.45, 7) is 0. The predicted molar refractivity (Wildman–Crippen MR) is 73.7 cm³/mol. The fraction of sp³-hybridized carbons (Fsp3) is 0.133. The summed E-state index contributed by atoms with van der Waals surface area (Å²) in [4.78, 5) is 12.3. The van der Waals surface area contributed by atoms with Crippen molar-refractivity contribution in [1.82, 2.24) is 0 Å². The molecule has 6 heteroatoms. The second kappa shape index (κ2) is 5.78. The van der Waals surface area contributed by atoms with Gasteiger partial charge in [0, 0.05) is 5.56 Å². The minimum absolute atomic E-state index is 0.0658. The molecule has 0 radical (unpaired) electrons. The normalized spacial score (nSPS) is 10.3. The molecular formula is C15H13F2NO3. The summed E-state index contributed by atoms with van der Waals surface area (Å²) in [7, 11) is 2.84. The zero-order chi connectivity index (χ0) is 15.6. The molecule has 0 unspecified atom stereocenters. The van der Waals surface area contributed by atoms with E-state index in [0.29, 0.717) is 5.75 Å².